The average Bonchev–Trinajstić information content (AvgIpc) is 3.56. The molecule has 3 fully saturated rings. The summed E-state index contributed by atoms with van der Waals surface area (Å²) in [4.78, 5) is 71.6. The normalized spacial score (nSPS) is 25.4. The molecule has 2 heterocycles. The van der Waals surface area contributed by atoms with Crippen molar-refractivity contribution in [2.24, 2.45) is 23.7 Å². The molecule has 1 saturated carbocycles. The van der Waals surface area contributed by atoms with Gasteiger partial charge in [0.05, 0.1) is 53.8 Å². The van der Waals surface area contributed by atoms with E-state index < -0.39 is 75.9 Å². The van der Waals surface area contributed by atoms with Crippen LogP contribution >= 0.6 is 23.2 Å². The maximum Gasteiger partial charge on any atom is 0.339 e. The second-order valence-electron chi connectivity index (χ2n) is 14.1. The van der Waals surface area contributed by atoms with E-state index >= 15 is 4.79 Å². The third-order valence-electron chi connectivity index (χ3n) is 11.6. The quantitative estimate of drug-likeness (QED) is 0.116. The highest BCUT2D eigenvalue weighted by molar-refractivity contribution is 6.36. The summed E-state index contributed by atoms with van der Waals surface area (Å²) in [7, 11) is 2.89. The minimum absolute atomic E-state index is 0.00818. The molecule has 0 unspecified atom stereocenters. The molecule has 4 aromatic rings. The van der Waals surface area contributed by atoms with Crippen LogP contribution in [-0.4, -0.2) is 64.1 Å². The Morgan fingerprint density at radius 3 is 2.29 bits per heavy atom. The summed E-state index contributed by atoms with van der Waals surface area (Å²) in [6.07, 6.45) is 1.85. The molecule has 8 rings (SSSR count). The van der Waals surface area contributed by atoms with Gasteiger partial charge in [0, 0.05) is 22.6 Å². The number of hydrogen-bond acceptors (Lipinski definition) is 10. The number of aromatic hydroxyl groups is 2. The Balaban J connectivity index is 1.33. The zero-order valence-electron chi connectivity index (χ0n) is 29.7. The van der Waals surface area contributed by atoms with Gasteiger partial charge in [-0.05, 0) is 72.9 Å². The Bertz CT molecular complexity index is 2400. The molecule has 286 valence electrons. The number of anilines is 2. The van der Waals surface area contributed by atoms with Crippen molar-refractivity contribution in [2.75, 3.05) is 24.5 Å². The predicted octanol–water partition coefficient (Wildman–Crippen LogP) is 6.31. The van der Waals surface area contributed by atoms with E-state index in [0.29, 0.717) is 21.9 Å². The Kier molecular flexibility index (Phi) is 8.97. The maximum atomic E-state index is 15.4. The van der Waals surface area contributed by atoms with Gasteiger partial charge in [-0.2, -0.15) is 5.01 Å². The van der Waals surface area contributed by atoms with Crippen molar-refractivity contribution in [3.8, 4) is 23.0 Å². The van der Waals surface area contributed by atoms with Crippen LogP contribution in [0.3, 0.4) is 0 Å². The fourth-order valence-corrected chi connectivity index (χ4v) is 9.67. The van der Waals surface area contributed by atoms with Crippen LogP contribution in [0.25, 0.3) is 0 Å². The number of benzene rings is 4. The number of hydrogen-bond donors (Lipinski definition) is 4. The van der Waals surface area contributed by atoms with Crippen LogP contribution in [0.4, 0.5) is 11.4 Å². The minimum Gasteiger partial charge on any atom is -0.507 e. The van der Waals surface area contributed by atoms with Crippen LogP contribution in [0.5, 0.6) is 23.0 Å². The van der Waals surface area contributed by atoms with Crippen LogP contribution in [-0.2, 0) is 24.6 Å². The van der Waals surface area contributed by atoms with Crippen LogP contribution < -0.4 is 19.8 Å². The monoisotopic (exact) mass is 797 g/mol. The fourth-order valence-electron chi connectivity index (χ4n) is 9.22. The van der Waals surface area contributed by atoms with Crippen LogP contribution in [0.1, 0.15) is 40.2 Å². The number of para-hydroxylation sites is 1. The summed E-state index contributed by atoms with van der Waals surface area (Å²) in [5.74, 6) is -9.02. The number of rotatable bonds is 8. The summed E-state index contributed by atoms with van der Waals surface area (Å²) in [6, 6.07) is 19.6. The van der Waals surface area contributed by atoms with E-state index in [1.165, 1.54) is 32.4 Å². The number of carbonyl (C=O) groups is 5. The van der Waals surface area contributed by atoms with Crippen molar-refractivity contribution in [1.82, 2.24) is 5.01 Å². The van der Waals surface area contributed by atoms with E-state index in [0.717, 1.165) is 22.0 Å². The van der Waals surface area contributed by atoms with Crippen LogP contribution in [0.2, 0.25) is 10.0 Å². The Morgan fingerprint density at radius 1 is 0.875 bits per heavy atom. The highest BCUT2D eigenvalue weighted by Crippen LogP contribution is 2.65. The van der Waals surface area contributed by atoms with Crippen molar-refractivity contribution in [1.29, 1.82) is 0 Å². The van der Waals surface area contributed by atoms with Gasteiger partial charge in [0.1, 0.15) is 17.1 Å². The third-order valence-corrected chi connectivity index (χ3v) is 12.2. The number of methoxy groups -OCH3 is 2. The SMILES string of the molecule is COc1ccc([C@@]23C(=O)N(Nc4ccc(Cl)cc4Cl)C(=O)[C@@H]2C[C@@H]2C(=CC[C@@H]4C(=O)N(c5ccc(C(=O)O)c(O)c5)C(=O)[C@@H]42)[C@@H]3c2cccc(OC)c2O)cc1. The average molecular weight is 799 g/mol. The first-order valence-corrected chi connectivity index (χ1v) is 18.3. The molecule has 4 amide bonds. The molecule has 0 radical (unpaired) electrons. The van der Waals surface area contributed by atoms with Crippen molar-refractivity contribution in [3.63, 3.8) is 0 Å². The third kappa shape index (κ3) is 5.32. The molecule has 6 atom stereocenters. The number of ether oxygens (including phenoxy) is 2. The first kappa shape index (κ1) is 36.9. The number of amides is 4. The van der Waals surface area contributed by atoms with Gasteiger partial charge in [0.2, 0.25) is 11.8 Å². The summed E-state index contributed by atoms with van der Waals surface area (Å²) in [6.45, 7) is 0. The first-order valence-electron chi connectivity index (χ1n) is 17.6. The summed E-state index contributed by atoms with van der Waals surface area (Å²) in [5.41, 5.74) is 2.28. The number of imide groups is 2. The van der Waals surface area contributed by atoms with Gasteiger partial charge in [0.15, 0.2) is 11.5 Å². The van der Waals surface area contributed by atoms with Gasteiger partial charge < -0.3 is 24.8 Å². The van der Waals surface area contributed by atoms with Gasteiger partial charge in [-0.3, -0.25) is 24.6 Å². The molecule has 4 aliphatic rings. The second-order valence-corrected chi connectivity index (χ2v) is 15.0. The lowest BCUT2D eigenvalue weighted by atomic mass is 9.49. The van der Waals surface area contributed by atoms with E-state index in [2.05, 4.69) is 5.43 Å². The second kappa shape index (κ2) is 13.6. The lowest BCUT2D eigenvalue weighted by Gasteiger charge is -2.50. The topological polar surface area (TPSA) is 183 Å². The highest BCUT2D eigenvalue weighted by Gasteiger charge is 2.70. The fraction of sp³-hybridized carbons (Fsp3) is 0.244. The number of fused-ring (bicyclic) bond motifs is 4. The predicted molar refractivity (Wildman–Crippen MR) is 203 cm³/mol. The van der Waals surface area contributed by atoms with Crippen LogP contribution in [0.15, 0.2) is 90.5 Å². The molecule has 4 aromatic carbocycles. The molecular formula is C41H33Cl2N3O10. The van der Waals surface area contributed by atoms with E-state index in [1.807, 2.05) is 6.08 Å². The zero-order valence-corrected chi connectivity index (χ0v) is 31.2. The number of carboxylic acids is 1. The number of aromatic carboxylic acids is 1. The number of nitrogens with zero attached hydrogens (tertiary/aromatic N) is 2. The molecule has 4 N–H and O–H groups in total. The lowest BCUT2D eigenvalue weighted by molar-refractivity contribution is -0.138. The molecule has 2 aliphatic heterocycles. The number of phenolic OH excluding ortho intramolecular Hbond substituents is 1. The smallest absolute Gasteiger partial charge is 0.339 e. The number of halogens is 2. The van der Waals surface area contributed by atoms with E-state index in [9.17, 15) is 34.5 Å². The number of carbonyl (C=O) groups excluding carboxylic acids is 4. The van der Waals surface area contributed by atoms with Gasteiger partial charge in [-0.1, -0.05) is 59.1 Å². The van der Waals surface area contributed by atoms with E-state index in [4.69, 9.17) is 32.7 Å². The maximum absolute atomic E-state index is 15.4. The lowest BCUT2D eigenvalue weighted by Crippen LogP contribution is -2.53. The molecule has 0 spiro atoms. The van der Waals surface area contributed by atoms with Crippen molar-refractivity contribution in [3.05, 3.63) is 117 Å². The standard InChI is InChI=1S/C41H33Cl2N3O10/c1-55-22-10-6-19(7-11-22)41-28(37(50)46(40(41)54)44-30-15-8-20(42)16-29(30)43)18-27-23(34(41)26-4-3-5-32(56-2)35(26)48)13-14-25-33(27)38(51)45(36(25)49)21-9-12-24(39(52)53)31(47)17-21/h3-13,15-17,25,27-28,33-34,44,47-48H,14,18H2,1-2H3,(H,52,53)/t25-,27+,28-,33-,34+,41+/m0/s1. The van der Waals surface area contributed by atoms with Crippen molar-refractivity contribution >= 4 is 64.2 Å². The minimum atomic E-state index is -1.72. The number of phenols is 2. The van der Waals surface area contributed by atoms with Gasteiger partial charge in [0.25, 0.3) is 11.8 Å². The van der Waals surface area contributed by atoms with Crippen LogP contribution in [0, 0.1) is 23.7 Å². The largest absolute Gasteiger partial charge is 0.507 e. The van der Waals surface area contributed by atoms with Gasteiger partial charge >= 0.3 is 5.97 Å². The number of carboxylic acid groups (broad SMARTS) is 1. The summed E-state index contributed by atoms with van der Waals surface area (Å²) in [5, 5.41) is 33.2. The number of allylic oxidation sites excluding steroid dienone is 2. The first-order chi connectivity index (χ1) is 26.8. The molecule has 13 nitrogen and oxygen atoms in total. The molecular weight excluding hydrogens is 765 g/mol. The number of nitrogens with one attached hydrogen (secondary N) is 1. The van der Waals surface area contributed by atoms with Crippen molar-refractivity contribution in [2.45, 2.75) is 24.2 Å². The number of hydrazine groups is 1. The van der Waals surface area contributed by atoms with Gasteiger partial charge in [-0.25, -0.2) is 9.69 Å². The summed E-state index contributed by atoms with van der Waals surface area (Å²) < 4.78 is 10.9. The Hall–Kier alpha value is -6.05. The molecule has 2 saturated heterocycles. The Morgan fingerprint density at radius 2 is 1.62 bits per heavy atom. The van der Waals surface area contributed by atoms with Crippen molar-refractivity contribution < 1.29 is 48.8 Å². The molecule has 15 heteroatoms. The molecule has 0 bridgehead atoms. The zero-order chi connectivity index (χ0) is 39.8. The molecule has 56 heavy (non-hydrogen) atoms. The molecule has 0 aromatic heterocycles. The van der Waals surface area contributed by atoms with Gasteiger partial charge in [-0.15, -0.1) is 0 Å². The van der Waals surface area contributed by atoms with E-state index in [-0.39, 0.29) is 46.3 Å². The van der Waals surface area contributed by atoms with E-state index in [1.54, 1.807) is 48.5 Å². The summed E-state index contributed by atoms with van der Waals surface area (Å²) >= 11 is 12.7. The molecule has 2 aliphatic carbocycles. The Labute approximate surface area is 329 Å². The highest BCUT2D eigenvalue weighted by atomic mass is 35.5.